The maximum atomic E-state index is 6.35. The van der Waals surface area contributed by atoms with E-state index in [1.807, 2.05) is 48.7 Å². The van der Waals surface area contributed by atoms with Gasteiger partial charge in [-0.25, -0.2) is 9.98 Å². The van der Waals surface area contributed by atoms with E-state index in [-0.39, 0.29) is 12.1 Å². The molecule has 182 valence electrons. The van der Waals surface area contributed by atoms with Crippen LogP contribution in [-0.2, 0) is 11.2 Å². The average molecular weight is 494 g/mol. The fourth-order valence-corrected chi connectivity index (χ4v) is 5.81. The molecule has 1 aliphatic carbocycles. The van der Waals surface area contributed by atoms with E-state index < -0.39 is 0 Å². The second-order valence-electron chi connectivity index (χ2n) is 9.79. The third-order valence-corrected chi connectivity index (χ3v) is 7.49. The molecule has 0 fully saturated rings. The Labute approximate surface area is 219 Å². The molecule has 38 heavy (non-hydrogen) atoms. The van der Waals surface area contributed by atoms with Crippen molar-refractivity contribution in [2.45, 2.75) is 18.6 Å². The van der Waals surface area contributed by atoms with Crippen molar-refractivity contribution >= 4 is 27.8 Å². The lowest BCUT2D eigenvalue weighted by Gasteiger charge is -2.12. The predicted molar refractivity (Wildman–Crippen MR) is 149 cm³/mol. The highest BCUT2D eigenvalue weighted by Crippen LogP contribution is 2.41. The van der Waals surface area contributed by atoms with Crippen molar-refractivity contribution in [1.29, 1.82) is 0 Å². The summed E-state index contributed by atoms with van der Waals surface area (Å²) in [6.45, 7) is 0. The summed E-state index contributed by atoms with van der Waals surface area (Å²) in [6, 6.07) is 37.2. The Morgan fingerprint density at radius 2 is 1.58 bits per heavy atom. The van der Waals surface area contributed by atoms with E-state index in [0.717, 1.165) is 45.7 Å². The maximum Gasteiger partial charge on any atom is 0.217 e. The second kappa shape index (κ2) is 8.32. The van der Waals surface area contributed by atoms with Gasteiger partial charge in [0.2, 0.25) is 5.90 Å². The number of para-hydroxylation sites is 1. The van der Waals surface area contributed by atoms with Gasteiger partial charge < -0.3 is 9.47 Å². The molecule has 8 rings (SSSR count). The number of benzene rings is 4. The van der Waals surface area contributed by atoms with Gasteiger partial charge in [0, 0.05) is 35.0 Å². The molecule has 6 aromatic rings. The highest BCUT2D eigenvalue weighted by atomic mass is 16.5. The maximum absolute atomic E-state index is 6.35. The first kappa shape index (κ1) is 21.2. The fourth-order valence-electron chi connectivity index (χ4n) is 5.81. The van der Waals surface area contributed by atoms with E-state index in [1.165, 1.54) is 16.5 Å². The lowest BCUT2D eigenvalue weighted by molar-refractivity contribution is 0.206. The van der Waals surface area contributed by atoms with Gasteiger partial charge >= 0.3 is 0 Å². The summed E-state index contributed by atoms with van der Waals surface area (Å²) in [5.74, 6) is 2.18. The molecule has 2 atom stereocenters. The lowest BCUT2D eigenvalue weighted by atomic mass is 10.1. The van der Waals surface area contributed by atoms with E-state index in [9.17, 15) is 0 Å². The molecule has 0 spiro atoms. The number of aromatic nitrogens is 2. The van der Waals surface area contributed by atoms with Crippen molar-refractivity contribution in [1.82, 2.24) is 9.55 Å². The van der Waals surface area contributed by atoms with E-state index in [0.29, 0.717) is 5.90 Å². The Balaban J connectivity index is 1.12. The van der Waals surface area contributed by atoms with Crippen molar-refractivity contribution in [2.75, 3.05) is 0 Å². The number of rotatable bonds is 4. The van der Waals surface area contributed by atoms with Crippen LogP contribution in [0.3, 0.4) is 0 Å². The number of hydrogen-bond donors (Lipinski definition) is 0. The topological polar surface area (TPSA) is 48.6 Å². The first-order valence-electron chi connectivity index (χ1n) is 12.9. The minimum absolute atomic E-state index is 0.0716. The second-order valence-corrected chi connectivity index (χ2v) is 9.79. The summed E-state index contributed by atoms with van der Waals surface area (Å²) >= 11 is 0. The predicted octanol–water partition coefficient (Wildman–Crippen LogP) is 7.41. The summed E-state index contributed by atoms with van der Waals surface area (Å²) in [4.78, 5) is 9.64. The Hall–Kier alpha value is -4.90. The van der Waals surface area contributed by atoms with Crippen LogP contribution in [0, 0.1) is 0 Å². The van der Waals surface area contributed by atoms with Crippen LogP contribution >= 0.6 is 0 Å². The van der Waals surface area contributed by atoms with E-state index in [4.69, 9.17) is 19.5 Å². The van der Waals surface area contributed by atoms with Gasteiger partial charge in [-0.05, 0) is 59.7 Å². The van der Waals surface area contributed by atoms with Crippen molar-refractivity contribution in [3.63, 3.8) is 0 Å². The number of ether oxygens (including phenoxy) is 2. The largest absolute Gasteiger partial charge is 0.471 e. The van der Waals surface area contributed by atoms with Gasteiger partial charge in [0.1, 0.15) is 29.3 Å². The van der Waals surface area contributed by atoms with Crippen molar-refractivity contribution in [2.24, 2.45) is 4.99 Å². The first-order valence-corrected chi connectivity index (χ1v) is 12.9. The van der Waals surface area contributed by atoms with Gasteiger partial charge in [-0.15, -0.1) is 0 Å². The van der Waals surface area contributed by atoms with Crippen LogP contribution in [0.2, 0.25) is 0 Å². The summed E-state index contributed by atoms with van der Waals surface area (Å²) in [5, 5.41) is 2.31. The zero-order valence-corrected chi connectivity index (χ0v) is 20.5. The SMILES string of the molecule is c1cc(Oc2cccc(-n3c4ccccc4c4cccnc43)c2)cc(C2=N[C@@H]3c4ccccc4C[C@@H]3O2)c1. The van der Waals surface area contributed by atoms with Gasteiger partial charge in [0.25, 0.3) is 0 Å². The Morgan fingerprint density at radius 3 is 2.55 bits per heavy atom. The number of nitrogens with zero attached hydrogens (tertiary/aromatic N) is 3. The molecule has 2 aliphatic rings. The molecule has 5 nitrogen and oxygen atoms in total. The fraction of sp³-hybridized carbons (Fsp3) is 0.0909. The molecule has 0 bridgehead atoms. The van der Waals surface area contributed by atoms with Crippen molar-refractivity contribution < 1.29 is 9.47 Å². The average Bonchev–Trinajstić information content (AvgIpc) is 3.63. The van der Waals surface area contributed by atoms with E-state index >= 15 is 0 Å². The molecule has 0 unspecified atom stereocenters. The number of pyridine rings is 1. The molecule has 0 radical (unpaired) electrons. The van der Waals surface area contributed by atoms with E-state index in [1.54, 1.807) is 0 Å². The highest BCUT2D eigenvalue weighted by Gasteiger charge is 2.39. The van der Waals surface area contributed by atoms with Crippen LogP contribution in [0.4, 0.5) is 0 Å². The summed E-state index contributed by atoms with van der Waals surface area (Å²) in [5.41, 5.74) is 6.58. The van der Waals surface area contributed by atoms with E-state index in [2.05, 4.69) is 71.3 Å². The minimum atomic E-state index is 0.0716. The molecule has 0 N–H and O–H groups in total. The Bertz CT molecular complexity index is 1830. The van der Waals surface area contributed by atoms with Crippen LogP contribution in [0.5, 0.6) is 11.5 Å². The number of fused-ring (bicyclic) bond motifs is 6. The number of aliphatic imine (C=N–C) groups is 1. The molecule has 0 amide bonds. The normalized spacial score (nSPS) is 17.7. The summed E-state index contributed by atoms with van der Waals surface area (Å²) in [6.07, 6.45) is 2.81. The summed E-state index contributed by atoms with van der Waals surface area (Å²) in [7, 11) is 0. The monoisotopic (exact) mass is 493 g/mol. The number of hydrogen-bond acceptors (Lipinski definition) is 4. The van der Waals surface area contributed by atoms with Crippen LogP contribution < -0.4 is 4.74 Å². The first-order chi connectivity index (χ1) is 18.8. The van der Waals surface area contributed by atoms with Crippen LogP contribution in [0.1, 0.15) is 22.7 Å². The van der Waals surface area contributed by atoms with Gasteiger partial charge in [-0.1, -0.05) is 54.6 Å². The van der Waals surface area contributed by atoms with Gasteiger partial charge in [-0.3, -0.25) is 4.57 Å². The van der Waals surface area contributed by atoms with Gasteiger partial charge in [-0.2, -0.15) is 0 Å². The van der Waals surface area contributed by atoms with Gasteiger partial charge in [0.15, 0.2) is 0 Å². The minimum Gasteiger partial charge on any atom is -0.471 e. The molecule has 3 heterocycles. The molecule has 5 heteroatoms. The van der Waals surface area contributed by atoms with Crippen LogP contribution in [0.15, 0.2) is 120 Å². The lowest BCUT2D eigenvalue weighted by Crippen LogP contribution is -2.13. The zero-order valence-electron chi connectivity index (χ0n) is 20.5. The van der Waals surface area contributed by atoms with Crippen LogP contribution in [-0.4, -0.2) is 21.6 Å². The van der Waals surface area contributed by atoms with Gasteiger partial charge in [0.05, 0.1) is 11.2 Å². The smallest absolute Gasteiger partial charge is 0.217 e. The molecule has 0 saturated carbocycles. The molecular formula is C33H23N3O2. The highest BCUT2D eigenvalue weighted by molar-refractivity contribution is 6.07. The van der Waals surface area contributed by atoms with Crippen molar-refractivity contribution in [3.8, 4) is 17.2 Å². The van der Waals surface area contributed by atoms with Crippen molar-refractivity contribution in [3.05, 3.63) is 132 Å². The summed E-state index contributed by atoms with van der Waals surface area (Å²) < 4.78 is 14.8. The standard InChI is InChI=1S/C33H23N3O2/c1-2-13-26-21(8-1)19-30-31(26)35-33(38-30)22-9-5-11-24(18-22)37-25-12-6-10-23(20-25)36-29-16-4-3-14-27(29)28-15-7-17-34-32(28)36/h1-18,20,30-31H,19H2/t30-,31+/m0/s1. The zero-order chi connectivity index (χ0) is 25.1. The molecule has 0 saturated heterocycles. The molecule has 4 aromatic carbocycles. The molecular weight excluding hydrogens is 470 g/mol. The third-order valence-electron chi connectivity index (χ3n) is 7.49. The molecule has 1 aliphatic heterocycles. The quantitative estimate of drug-likeness (QED) is 0.257. The Morgan fingerprint density at radius 1 is 0.763 bits per heavy atom. The molecule has 2 aromatic heterocycles. The Kier molecular flexibility index (Phi) is 4.64. The van der Waals surface area contributed by atoms with Crippen LogP contribution in [0.25, 0.3) is 27.6 Å². The third kappa shape index (κ3) is 3.32.